The fourth-order valence-corrected chi connectivity index (χ4v) is 2.08. The summed E-state index contributed by atoms with van der Waals surface area (Å²) in [5, 5.41) is 2.09. The molecule has 0 fully saturated rings. The first-order chi connectivity index (χ1) is 10.3. The van der Waals surface area contributed by atoms with Crippen molar-refractivity contribution in [1.82, 2.24) is 5.32 Å². The Kier molecular flexibility index (Phi) is 4.45. The minimum absolute atomic E-state index is 0.0210. The molecule has 1 aromatic rings. The highest BCUT2D eigenvalue weighted by molar-refractivity contribution is 6.17. The van der Waals surface area contributed by atoms with Crippen LogP contribution >= 0.6 is 0 Å². The molecule has 1 heterocycles. The summed E-state index contributed by atoms with van der Waals surface area (Å²) in [6.45, 7) is 6.48. The first kappa shape index (κ1) is 15.9. The van der Waals surface area contributed by atoms with Crippen LogP contribution in [-0.4, -0.2) is 17.8 Å². The Morgan fingerprint density at radius 1 is 1.23 bits per heavy atom. The van der Waals surface area contributed by atoms with Gasteiger partial charge in [0.05, 0.1) is 6.42 Å². The second kappa shape index (κ2) is 6.13. The molecule has 0 aromatic heterocycles. The van der Waals surface area contributed by atoms with Crippen molar-refractivity contribution in [3.8, 4) is 0 Å². The summed E-state index contributed by atoms with van der Waals surface area (Å²) in [6.07, 6.45) is 0.931. The van der Waals surface area contributed by atoms with E-state index in [1.54, 1.807) is 0 Å². The van der Waals surface area contributed by atoms with Crippen LogP contribution in [-0.2, 0) is 31.1 Å². The third kappa shape index (κ3) is 4.04. The van der Waals surface area contributed by atoms with Gasteiger partial charge in [0.25, 0.3) is 11.8 Å². The zero-order valence-corrected chi connectivity index (χ0v) is 12.9. The second-order valence-electron chi connectivity index (χ2n) is 6.28. The summed E-state index contributed by atoms with van der Waals surface area (Å²) in [4.78, 5) is 34.1. The van der Waals surface area contributed by atoms with Gasteiger partial charge >= 0.3 is 5.97 Å². The van der Waals surface area contributed by atoms with Crippen LogP contribution in [0.5, 0.6) is 0 Å². The van der Waals surface area contributed by atoms with Crippen LogP contribution in [0.3, 0.4) is 0 Å². The molecule has 0 spiro atoms. The number of imide groups is 1. The van der Waals surface area contributed by atoms with Crippen LogP contribution in [0.15, 0.2) is 35.9 Å². The van der Waals surface area contributed by atoms with Gasteiger partial charge in [0.15, 0.2) is 0 Å². The van der Waals surface area contributed by atoms with Crippen LogP contribution in [0.4, 0.5) is 0 Å². The van der Waals surface area contributed by atoms with Gasteiger partial charge in [-0.3, -0.25) is 19.7 Å². The van der Waals surface area contributed by atoms with Gasteiger partial charge in [-0.25, -0.2) is 0 Å². The molecule has 2 amide bonds. The molecule has 0 saturated carbocycles. The molecule has 0 bridgehead atoms. The lowest BCUT2D eigenvalue weighted by atomic mass is 9.86. The maximum absolute atomic E-state index is 11.8. The normalized spacial score (nSPS) is 14.6. The molecule has 0 radical (unpaired) electrons. The molecule has 0 atom stereocenters. The number of amides is 2. The maximum Gasteiger partial charge on any atom is 0.310 e. The van der Waals surface area contributed by atoms with Crippen LogP contribution in [0.25, 0.3) is 0 Å². The Bertz CT molecular complexity index is 653. The summed E-state index contributed by atoms with van der Waals surface area (Å²) < 4.78 is 5.17. The maximum atomic E-state index is 11.8. The van der Waals surface area contributed by atoms with E-state index in [1.165, 1.54) is 0 Å². The third-order valence-electron chi connectivity index (χ3n) is 3.36. The highest BCUT2D eigenvalue weighted by atomic mass is 16.5. The highest BCUT2D eigenvalue weighted by Crippen LogP contribution is 2.23. The van der Waals surface area contributed by atoms with E-state index in [-0.39, 0.29) is 24.0 Å². The number of nitrogens with one attached hydrogen (secondary N) is 1. The van der Waals surface area contributed by atoms with Gasteiger partial charge in [-0.2, -0.15) is 0 Å². The molecule has 0 unspecified atom stereocenters. The molecule has 1 N–H and O–H groups in total. The molecule has 1 aliphatic heterocycles. The molecular formula is C17H19NO4. The molecular weight excluding hydrogens is 282 g/mol. The lowest BCUT2D eigenvalue weighted by Gasteiger charge is -2.19. The molecule has 5 nitrogen and oxygen atoms in total. The van der Waals surface area contributed by atoms with Crippen molar-refractivity contribution in [1.29, 1.82) is 0 Å². The number of rotatable bonds is 4. The van der Waals surface area contributed by atoms with Crippen LogP contribution in [0.1, 0.15) is 38.3 Å². The van der Waals surface area contributed by atoms with Crippen LogP contribution in [0, 0.1) is 0 Å². The van der Waals surface area contributed by atoms with E-state index < -0.39 is 17.8 Å². The molecule has 1 aromatic carbocycles. The standard InChI is InChI=1S/C17H19NO4/c1-17(2,3)13-6-4-5-11(7-13)10-22-15(20)9-12-8-14(19)18-16(12)21/h4-8H,9-10H2,1-3H3,(H,18,19,21). The number of carbonyl (C=O) groups is 3. The van der Waals surface area contributed by atoms with E-state index in [2.05, 4.69) is 26.1 Å². The van der Waals surface area contributed by atoms with E-state index in [9.17, 15) is 14.4 Å². The number of hydrogen-bond donors (Lipinski definition) is 1. The zero-order valence-electron chi connectivity index (χ0n) is 12.9. The quantitative estimate of drug-likeness (QED) is 0.682. The molecule has 22 heavy (non-hydrogen) atoms. The number of esters is 1. The number of hydrogen-bond acceptors (Lipinski definition) is 4. The SMILES string of the molecule is CC(C)(C)c1cccc(COC(=O)CC2=CC(=O)NC2=O)c1. The smallest absolute Gasteiger partial charge is 0.310 e. The third-order valence-corrected chi connectivity index (χ3v) is 3.36. The Labute approximate surface area is 129 Å². The highest BCUT2D eigenvalue weighted by Gasteiger charge is 2.23. The summed E-state index contributed by atoms with van der Waals surface area (Å²) in [6, 6.07) is 7.84. The van der Waals surface area contributed by atoms with Crippen molar-refractivity contribution >= 4 is 17.8 Å². The monoisotopic (exact) mass is 301 g/mol. The average molecular weight is 301 g/mol. The summed E-state index contributed by atoms with van der Waals surface area (Å²) >= 11 is 0. The van der Waals surface area contributed by atoms with Gasteiger partial charge in [-0.05, 0) is 16.5 Å². The summed E-state index contributed by atoms with van der Waals surface area (Å²) in [5.74, 6) is -1.56. The Morgan fingerprint density at radius 2 is 1.95 bits per heavy atom. The average Bonchev–Trinajstić information content (AvgIpc) is 2.74. The van der Waals surface area contributed by atoms with E-state index in [0.29, 0.717) is 0 Å². The van der Waals surface area contributed by atoms with E-state index >= 15 is 0 Å². The van der Waals surface area contributed by atoms with E-state index in [0.717, 1.165) is 17.2 Å². The fourth-order valence-electron chi connectivity index (χ4n) is 2.08. The minimum atomic E-state index is -0.531. The van der Waals surface area contributed by atoms with Gasteiger partial charge in [-0.15, -0.1) is 0 Å². The van der Waals surface area contributed by atoms with Crippen molar-refractivity contribution < 1.29 is 19.1 Å². The second-order valence-corrected chi connectivity index (χ2v) is 6.28. The van der Waals surface area contributed by atoms with E-state index in [4.69, 9.17) is 4.74 Å². The van der Waals surface area contributed by atoms with Gasteiger partial charge in [0.2, 0.25) is 0 Å². The first-order valence-corrected chi connectivity index (χ1v) is 7.06. The molecule has 2 rings (SSSR count). The molecule has 1 aliphatic rings. The molecule has 116 valence electrons. The summed E-state index contributed by atoms with van der Waals surface area (Å²) in [7, 11) is 0. The number of benzene rings is 1. The Hall–Kier alpha value is -2.43. The van der Waals surface area contributed by atoms with Gasteiger partial charge in [0.1, 0.15) is 6.61 Å². The topological polar surface area (TPSA) is 72.5 Å². The zero-order chi connectivity index (χ0) is 16.3. The molecule has 0 aliphatic carbocycles. The minimum Gasteiger partial charge on any atom is -0.461 e. The van der Waals surface area contributed by atoms with Gasteiger partial charge in [0, 0.05) is 11.6 Å². The van der Waals surface area contributed by atoms with E-state index in [1.807, 2.05) is 24.3 Å². The van der Waals surface area contributed by atoms with Crippen LogP contribution < -0.4 is 5.32 Å². The van der Waals surface area contributed by atoms with Crippen molar-refractivity contribution in [3.05, 3.63) is 47.0 Å². The van der Waals surface area contributed by atoms with Crippen molar-refractivity contribution in [2.45, 2.75) is 39.2 Å². The molecule has 5 heteroatoms. The van der Waals surface area contributed by atoms with Gasteiger partial charge < -0.3 is 4.74 Å². The number of ether oxygens (including phenoxy) is 1. The largest absolute Gasteiger partial charge is 0.461 e. The Balaban J connectivity index is 1.93. The first-order valence-electron chi connectivity index (χ1n) is 7.06. The molecule has 0 saturated heterocycles. The predicted molar refractivity (Wildman–Crippen MR) is 80.8 cm³/mol. The summed E-state index contributed by atoms with van der Waals surface area (Å²) in [5.41, 5.74) is 2.21. The van der Waals surface area contributed by atoms with Gasteiger partial charge in [-0.1, -0.05) is 45.0 Å². The lowest BCUT2D eigenvalue weighted by Crippen LogP contribution is -2.23. The Morgan fingerprint density at radius 3 is 2.55 bits per heavy atom. The fraction of sp³-hybridized carbons (Fsp3) is 0.353. The van der Waals surface area contributed by atoms with Crippen LogP contribution in [0.2, 0.25) is 0 Å². The van der Waals surface area contributed by atoms with Crippen molar-refractivity contribution in [2.24, 2.45) is 0 Å². The van der Waals surface area contributed by atoms with Crippen molar-refractivity contribution in [3.63, 3.8) is 0 Å². The van der Waals surface area contributed by atoms with Crippen molar-refractivity contribution in [2.75, 3.05) is 0 Å². The number of carbonyl (C=O) groups excluding carboxylic acids is 3. The predicted octanol–water partition coefficient (Wildman–Crippen LogP) is 2.00. The lowest BCUT2D eigenvalue weighted by molar-refractivity contribution is -0.144.